The van der Waals surface area contributed by atoms with Gasteiger partial charge in [0.25, 0.3) is 0 Å². The van der Waals surface area contributed by atoms with Crippen LogP contribution in [0.1, 0.15) is 44.6 Å². The van der Waals surface area contributed by atoms with Crippen LogP contribution in [-0.4, -0.2) is 66.4 Å². The molecule has 1 aromatic carbocycles. The topological polar surface area (TPSA) is 76.8 Å². The Kier molecular flexibility index (Phi) is 8.38. The van der Waals surface area contributed by atoms with Gasteiger partial charge in [0, 0.05) is 45.4 Å². The fourth-order valence-corrected chi connectivity index (χ4v) is 6.04. The molecule has 1 aliphatic heterocycles. The molecule has 0 radical (unpaired) electrons. The third-order valence-electron chi connectivity index (χ3n) is 7.13. The summed E-state index contributed by atoms with van der Waals surface area (Å²) in [5.41, 5.74) is 0.913. The summed E-state index contributed by atoms with van der Waals surface area (Å²) in [6.45, 7) is 8.77. The molecule has 1 N–H and O–H groups in total. The van der Waals surface area contributed by atoms with E-state index in [0.29, 0.717) is 38.3 Å². The van der Waals surface area contributed by atoms with Gasteiger partial charge in [-0.3, -0.25) is 9.48 Å². The zero-order chi connectivity index (χ0) is 24.3. The van der Waals surface area contributed by atoms with Crippen molar-refractivity contribution in [2.45, 2.75) is 76.3 Å². The lowest BCUT2D eigenvalue weighted by molar-refractivity contribution is -0.134. The van der Waals surface area contributed by atoms with Crippen LogP contribution in [0.2, 0.25) is 25.7 Å². The van der Waals surface area contributed by atoms with Gasteiger partial charge in [0.15, 0.2) is 0 Å². The van der Waals surface area contributed by atoms with Gasteiger partial charge in [-0.1, -0.05) is 19.6 Å². The first kappa shape index (κ1) is 25.7. The number of benzene rings is 1. The van der Waals surface area contributed by atoms with Gasteiger partial charge < -0.3 is 19.5 Å². The fourth-order valence-electron chi connectivity index (χ4n) is 4.80. The molecule has 1 unspecified atom stereocenters. The minimum absolute atomic E-state index is 0.0289. The second kappa shape index (κ2) is 11.1. The Morgan fingerprint density at radius 1 is 1.18 bits per heavy atom. The van der Waals surface area contributed by atoms with Crippen molar-refractivity contribution in [1.82, 2.24) is 14.7 Å². The van der Waals surface area contributed by atoms with Gasteiger partial charge in [0.05, 0.1) is 22.1 Å². The molecule has 1 saturated carbocycles. The van der Waals surface area contributed by atoms with Gasteiger partial charge in [-0.15, -0.1) is 0 Å². The van der Waals surface area contributed by atoms with E-state index in [1.165, 1.54) is 0 Å². The summed E-state index contributed by atoms with van der Waals surface area (Å²) >= 11 is 3.66. The lowest BCUT2D eigenvalue weighted by Gasteiger charge is -2.27. The molecule has 2 aromatic rings. The molecule has 188 valence electrons. The van der Waals surface area contributed by atoms with Gasteiger partial charge in [-0.2, -0.15) is 5.10 Å². The number of rotatable bonds is 10. The molecule has 1 saturated heterocycles. The number of amides is 1. The van der Waals surface area contributed by atoms with Gasteiger partial charge in [0.1, 0.15) is 19.1 Å². The predicted molar refractivity (Wildman–Crippen MR) is 140 cm³/mol. The van der Waals surface area contributed by atoms with Crippen molar-refractivity contribution in [3.63, 3.8) is 0 Å². The van der Waals surface area contributed by atoms with Gasteiger partial charge in [-0.05, 0) is 66.1 Å². The van der Waals surface area contributed by atoms with E-state index >= 15 is 0 Å². The average Bonchev–Trinajstić information content (AvgIpc) is 3.37. The number of fused-ring (bicyclic) bond motifs is 1. The van der Waals surface area contributed by atoms with E-state index in [2.05, 4.69) is 52.5 Å². The first-order chi connectivity index (χ1) is 16.2. The highest BCUT2D eigenvalue weighted by molar-refractivity contribution is 9.10. The lowest BCUT2D eigenvalue weighted by atomic mass is 9.87. The Morgan fingerprint density at radius 3 is 2.65 bits per heavy atom. The monoisotopic (exact) mass is 551 g/mol. The number of aliphatic hydroxyl groups is 1. The van der Waals surface area contributed by atoms with Crippen LogP contribution in [-0.2, 0) is 9.53 Å². The fraction of sp³-hybridized carbons (Fsp3) is 0.680. The first-order valence-corrected chi connectivity index (χ1v) is 17.0. The highest BCUT2D eigenvalue weighted by Gasteiger charge is 2.32. The van der Waals surface area contributed by atoms with Gasteiger partial charge >= 0.3 is 0 Å². The Hall–Kier alpha value is -1.42. The number of hydrogen-bond donors (Lipinski definition) is 1. The minimum Gasteiger partial charge on any atom is -0.490 e. The van der Waals surface area contributed by atoms with E-state index in [9.17, 15) is 9.90 Å². The summed E-state index contributed by atoms with van der Waals surface area (Å²) < 4.78 is 15.0. The van der Waals surface area contributed by atoms with Gasteiger partial charge in [-0.25, -0.2) is 0 Å². The summed E-state index contributed by atoms with van der Waals surface area (Å²) in [6, 6.07) is 5.56. The summed E-state index contributed by atoms with van der Waals surface area (Å²) in [6.07, 6.45) is 7.66. The Balaban J connectivity index is 1.36. The van der Waals surface area contributed by atoms with Crippen LogP contribution >= 0.6 is 15.9 Å². The van der Waals surface area contributed by atoms with Crippen molar-refractivity contribution in [2.75, 3.05) is 26.6 Å². The molecule has 2 fully saturated rings. The molecule has 0 spiro atoms. The van der Waals surface area contributed by atoms with Crippen LogP contribution in [0.5, 0.6) is 5.75 Å². The molecule has 7 nitrogen and oxygen atoms in total. The number of ether oxygens (including phenoxy) is 2. The van der Waals surface area contributed by atoms with Crippen LogP contribution in [0.25, 0.3) is 10.9 Å². The number of carbonyl (C=O) groups is 1. The summed E-state index contributed by atoms with van der Waals surface area (Å²) in [5.74, 6) is 1.33. The number of hydrogen-bond acceptors (Lipinski definition) is 5. The normalized spacial score (nSPS) is 23.7. The number of aromatic nitrogens is 2. The maximum Gasteiger partial charge on any atom is 0.224 e. The number of halogens is 1. The Morgan fingerprint density at radius 2 is 1.94 bits per heavy atom. The van der Waals surface area contributed by atoms with E-state index in [1.54, 1.807) is 0 Å². The third kappa shape index (κ3) is 6.41. The summed E-state index contributed by atoms with van der Waals surface area (Å²) in [4.78, 5) is 14.2. The molecule has 1 aliphatic carbocycles. The van der Waals surface area contributed by atoms with E-state index in [0.717, 1.165) is 59.3 Å². The number of nitrogens with zero attached hydrogens (tertiary/aromatic N) is 3. The van der Waals surface area contributed by atoms with E-state index in [-0.39, 0.29) is 18.6 Å². The second-order valence-corrected chi connectivity index (χ2v) is 17.5. The summed E-state index contributed by atoms with van der Waals surface area (Å²) in [5, 5.41) is 15.3. The van der Waals surface area contributed by atoms with E-state index < -0.39 is 8.07 Å². The average molecular weight is 553 g/mol. The minimum atomic E-state index is -1.15. The quantitative estimate of drug-likeness (QED) is 0.324. The molecule has 1 atom stereocenters. The molecule has 0 bridgehead atoms. The van der Waals surface area contributed by atoms with Gasteiger partial charge in [0.2, 0.25) is 5.91 Å². The lowest BCUT2D eigenvalue weighted by Crippen LogP contribution is -2.39. The zero-order valence-corrected chi connectivity index (χ0v) is 23.2. The molecule has 9 heteroatoms. The van der Waals surface area contributed by atoms with E-state index in [4.69, 9.17) is 14.6 Å². The molecular weight excluding hydrogens is 514 g/mol. The highest BCUT2D eigenvalue weighted by Crippen LogP contribution is 2.35. The van der Waals surface area contributed by atoms with Crippen LogP contribution in [0.15, 0.2) is 22.8 Å². The third-order valence-corrected chi connectivity index (χ3v) is 9.46. The molecule has 4 rings (SSSR count). The molecule has 1 aromatic heterocycles. The molecule has 34 heavy (non-hydrogen) atoms. The smallest absolute Gasteiger partial charge is 0.224 e. The summed E-state index contributed by atoms with van der Waals surface area (Å²) in [7, 11) is -1.15. The second-order valence-electron chi connectivity index (χ2n) is 11.0. The maximum absolute atomic E-state index is 12.4. The Labute approximate surface area is 211 Å². The van der Waals surface area contributed by atoms with Crippen LogP contribution in [0.3, 0.4) is 0 Å². The standard InChI is InChI=1S/C25H38BrN3O4Si/c1-34(2,3)11-10-32-17-28-21(8-9-25(28)31)16-33-24-13-23-19(12-22(24)26)14-29(27-23)20-6-4-18(15-30)5-7-20/h12-14,18,20-21,30H,4-11,15-17H2,1-3H3. The van der Waals surface area contributed by atoms with Crippen molar-refractivity contribution in [3.05, 3.63) is 22.8 Å². The number of aliphatic hydroxyl groups excluding tert-OH is 1. The van der Waals surface area contributed by atoms with Crippen LogP contribution in [0, 0.1) is 5.92 Å². The van der Waals surface area contributed by atoms with Crippen molar-refractivity contribution in [1.29, 1.82) is 0 Å². The maximum atomic E-state index is 12.4. The van der Waals surface area contributed by atoms with E-state index in [1.807, 2.05) is 11.0 Å². The first-order valence-electron chi connectivity index (χ1n) is 12.5. The molecule has 2 heterocycles. The molecular formula is C25H38BrN3O4Si. The predicted octanol–water partition coefficient (Wildman–Crippen LogP) is 5.20. The van der Waals surface area contributed by atoms with Crippen molar-refractivity contribution >= 4 is 40.8 Å². The molecule has 2 aliphatic rings. The van der Waals surface area contributed by atoms with Crippen molar-refractivity contribution in [3.8, 4) is 5.75 Å². The molecule has 1 amide bonds. The highest BCUT2D eigenvalue weighted by atomic mass is 79.9. The SMILES string of the molecule is C[Si](C)(C)CCOCN1C(=O)CCC1COc1cc2nn(C3CCC(CO)CC3)cc2cc1Br. The van der Waals surface area contributed by atoms with Crippen LogP contribution < -0.4 is 4.74 Å². The zero-order valence-electron chi connectivity index (χ0n) is 20.6. The van der Waals surface area contributed by atoms with Crippen molar-refractivity contribution < 1.29 is 19.4 Å². The largest absolute Gasteiger partial charge is 0.490 e. The van der Waals surface area contributed by atoms with Crippen LogP contribution in [0.4, 0.5) is 0 Å². The number of carbonyl (C=O) groups excluding carboxylic acids is 1. The van der Waals surface area contributed by atoms with Crippen molar-refractivity contribution in [2.24, 2.45) is 5.92 Å². The Bertz CT molecular complexity index is 984. The number of likely N-dealkylation sites (tertiary alicyclic amines) is 1.